The summed E-state index contributed by atoms with van der Waals surface area (Å²) >= 11 is 0. The van der Waals surface area contributed by atoms with Crippen molar-refractivity contribution in [3.05, 3.63) is 90.0 Å². The van der Waals surface area contributed by atoms with Crippen molar-refractivity contribution in [3.63, 3.8) is 0 Å². The summed E-state index contributed by atoms with van der Waals surface area (Å²) in [5.41, 5.74) is 2.67. The van der Waals surface area contributed by atoms with Crippen molar-refractivity contribution in [2.24, 2.45) is 0 Å². The molecule has 0 aromatic heterocycles. The fourth-order valence-electron chi connectivity index (χ4n) is 3.32. The van der Waals surface area contributed by atoms with Gasteiger partial charge in [0.1, 0.15) is 17.5 Å². The Kier molecular flexibility index (Phi) is 7.86. The highest BCUT2D eigenvalue weighted by molar-refractivity contribution is 5.96. The van der Waals surface area contributed by atoms with Crippen molar-refractivity contribution in [2.75, 3.05) is 25.6 Å². The molecule has 0 saturated heterocycles. The first-order chi connectivity index (χ1) is 14.7. The molecule has 156 valence electrons. The van der Waals surface area contributed by atoms with Crippen LogP contribution >= 0.6 is 0 Å². The molecule has 0 aliphatic carbocycles. The van der Waals surface area contributed by atoms with Crippen LogP contribution in [0.5, 0.6) is 11.5 Å². The van der Waals surface area contributed by atoms with Crippen LogP contribution in [0.25, 0.3) is 0 Å². The molecule has 0 unspecified atom stereocenters. The molecule has 0 saturated carbocycles. The van der Waals surface area contributed by atoms with Crippen LogP contribution in [0.1, 0.15) is 24.1 Å². The molecule has 0 radical (unpaired) electrons. The molecule has 30 heavy (non-hydrogen) atoms. The SMILES string of the molecule is CCOc1ccccc1NC(=O)[C@H](NCCc1ccccc1OC)c1ccccc1. The van der Waals surface area contributed by atoms with Crippen LogP contribution in [0.3, 0.4) is 0 Å². The number of para-hydroxylation sites is 3. The van der Waals surface area contributed by atoms with Crippen LogP contribution in [0.2, 0.25) is 0 Å². The monoisotopic (exact) mass is 404 g/mol. The Balaban J connectivity index is 1.74. The van der Waals surface area contributed by atoms with Gasteiger partial charge in [-0.2, -0.15) is 0 Å². The fourth-order valence-corrected chi connectivity index (χ4v) is 3.32. The fraction of sp³-hybridized carbons (Fsp3) is 0.240. The number of benzene rings is 3. The van der Waals surface area contributed by atoms with Gasteiger partial charge in [0.05, 0.1) is 19.4 Å². The molecular formula is C25H28N2O3. The molecule has 3 aromatic carbocycles. The zero-order valence-corrected chi connectivity index (χ0v) is 17.4. The van der Waals surface area contributed by atoms with Gasteiger partial charge in [-0.3, -0.25) is 4.79 Å². The summed E-state index contributed by atoms with van der Waals surface area (Å²) < 4.78 is 11.1. The van der Waals surface area contributed by atoms with E-state index in [-0.39, 0.29) is 5.91 Å². The van der Waals surface area contributed by atoms with Gasteiger partial charge in [0, 0.05) is 6.54 Å². The van der Waals surface area contributed by atoms with Gasteiger partial charge in [-0.05, 0) is 42.7 Å². The van der Waals surface area contributed by atoms with Gasteiger partial charge in [0.2, 0.25) is 5.91 Å². The maximum atomic E-state index is 13.2. The van der Waals surface area contributed by atoms with E-state index in [0.717, 1.165) is 23.3 Å². The lowest BCUT2D eigenvalue weighted by Gasteiger charge is -2.20. The average Bonchev–Trinajstić information content (AvgIpc) is 2.79. The summed E-state index contributed by atoms with van der Waals surface area (Å²) in [6, 6.07) is 24.6. The number of amides is 1. The van der Waals surface area contributed by atoms with Crippen LogP contribution in [0, 0.1) is 0 Å². The van der Waals surface area contributed by atoms with E-state index in [1.54, 1.807) is 7.11 Å². The number of methoxy groups -OCH3 is 1. The average molecular weight is 405 g/mol. The summed E-state index contributed by atoms with van der Waals surface area (Å²) in [5.74, 6) is 1.38. The van der Waals surface area contributed by atoms with Crippen molar-refractivity contribution in [1.82, 2.24) is 5.32 Å². The summed E-state index contributed by atoms with van der Waals surface area (Å²) in [5, 5.41) is 6.41. The van der Waals surface area contributed by atoms with Crippen LogP contribution in [0.15, 0.2) is 78.9 Å². The van der Waals surface area contributed by atoms with Crippen LogP contribution in [-0.4, -0.2) is 26.2 Å². The summed E-state index contributed by atoms with van der Waals surface area (Å²) in [6.45, 7) is 3.08. The Morgan fingerprint density at radius 1 is 0.900 bits per heavy atom. The number of hydrogen-bond acceptors (Lipinski definition) is 4. The number of carbonyl (C=O) groups excluding carboxylic acids is 1. The molecule has 3 rings (SSSR count). The van der Waals surface area contributed by atoms with Crippen molar-refractivity contribution in [1.29, 1.82) is 0 Å². The minimum Gasteiger partial charge on any atom is -0.496 e. The molecule has 1 atom stereocenters. The molecule has 2 N–H and O–H groups in total. The van der Waals surface area contributed by atoms with E-state index in [9.17, 15) is 4.79 Å². The lowest BCUT2D eigenvalue weighted by molar-refractivity contribution is -0.118. The minimum atomic E-state index is -0.490. The Bertz CT molecular complexity index is 944. The lowest BCUT2D eigenvalue weighted by atomic mass is 10.0. The standard InChI is InChI=1S/C25H28N2O3/c1-3-30-23-16-10-8-14-21(23)27-25(28)24(20-12-5-4-6-13-20)26-18-17-19-11-7-9-15-22(19)29-2/h4-16,24,26H,3,17-18H2,1-2H3,(H,27,28)/t24-/m1/s1. The first-order valence-electron chi connectivity index (χ1n) is 10.2. The third-order valence-electron chi connectivity index (χ3n) is 4.78. The molecule has 0 bridgehead atoms. The molecule has 0 fully saturated rings. The van der Waals surface area contributed by atoms with E-state index in [1.807, 2.05) is 85.8 Å². The molecule has 0 heterocycles. The van der Waals surface area contributed by atoms with Crippen molar-refractivity contribution in [3.8, 4) is 11.5 Å². The molecule has 5 nitrogen and oxygen atoms in total. The van der Waals surface area contributed by atoms with Gasteiger partial charge in [-0.25, -0.2) is 0 Å². The second-order valence-electron chi connectivity index (χ2n) is 6.78. The van der Waals surface area contributed by atoms with Crippen molar-refractivity contribution < 1.29 is 14.3 Å². The number of hydrogen-bond donors (Lipinski definition) is 2. The zero-order valence-electron chi connectivity index (χ0n) is 17.4. The maximum Gasteiger partial charge on any atom is 0.246 e. The van der Waals surface area contributed by atoms with Gasteiger partial charge in [-0.1, -0.05) is 60.7 Å². The second-order valence-corrected chi connectivity index (χ2v) is 6.78. The number of rotatable bonds is 10. The van der Waals surface area contributed by atoms with Gasteiger partial charge in [-0.15, -0.1) is 0 Å². The van der Waals surface area contributed by atoms with Crippen LogP contribution < -0.4 is 20.1 Å². The Morgan fingerprint density at radius 2 is 1.57 bits per heavy atom. The van der Waals surface area contributed by atoms with Crippen LogP contribution in [0.4, 0.5) is 5.69 Å². The first-order valence-corrected chi connectivity index (χ1v) is 10.2. The minimum absolute atomic E-state index is 0.131. The van der Waals surface area contributed by atoms with Crippen molar-refractivity contribution >= 4 is 11.6 Å². The highest BCUT2D eigenvalue weighted by Gasteiger charge is 2.21. The number of nitrogens with one attached hydrogen (secondary N) is 2. The van der Waals surface area contributed by atoms with E-state index >= 15 is 0 Å². The summed E-state index contributed by atoms with van der Waals surface area (Å²) in [4.78, 5) is 13.2. The van der Waals surface area contributed by atoms with E-state index in [1.165, 1.54) is 0 Å². The van der Waals surface area contributed by atoms with Gasteiger partial charge in [0.25, 0.3) is 0 Å². The smallest absolute Gasteiger partial charge is 0.246 e. The van der Waals surface area contributed by atoms with E-state index in [2.05, 4.69) is 10.6 Å². The lowest BCUT2D eigenvalue weighted by Crippen LogP contribution is -2.34. The quantitative estimate of drug-likeness (QED) is 0.518. The number of carbonyl (C=O) groups is 1. The molecule has 0 spiro atoms. The highest BCUT2D eigenvalue weighted by atomic mass is 16.5. The molecule has 5 heteroatoms. The molecular weight excluding hydrogens is 376 g/mol. The maximum absolute atomic E-state index is 13.2. The Labute approximate surface area is 178 Å². The topological polar surface area (TPSA) is 59.6 Å². The summed E-state index contributed by atoms with van der Waals surface area (Å²) in [7, 11) is 1.67. The largest absolute Gasteiger partial charge is 0.496 e. The number of anilines is 1. The molecule has 3 aromatic rings. The number of ether oxygens (including phenoxy) is 2. The van der Waals surface area contributed by atoms with Crippen molar-refractivity contribution in [2.45, 2.75) is 19.4 Å². The Hall–Kier alpha value is -3.31. The normalized spacial score (nSPS) is 11.5. The van der Waals surface area contributed by atoms with E-state index < -0.39 is 6.04 Å². The van der Waals surface area contributed by atoms with E-state index in [4.69, 9.17) is 9.47 Å². The second kappa shape index (κ2) is 11.0. The van der Waals surface area contributed by atoms with Crippen LogP contribution in [-0.2, 0) is 11.2 Å². The molecule has 0 aliphatic heterocycles. The first kappa shape index (κ1) is 21.4. The Morgan fingerprint density at radius 3 is 2.30 bits per heavy atom. The van der Waals surface area contributed by atoms with Gasteiger partial charge in [0.15, 0.2) is 0 Å². The molecule has 0 aliphatic rings. The summed E-state index contributed by atoms with van der Waals surface area (Å²) in [6.07, 6.45) is 0.746. The highest BCUT2D eigenvalue weighted by Crippen LogP contribution is 2.25. The third-order valence-corrected chi connectivity index (χ3v) is 4.78. The van der Waals surface area contributed by atoms with E-state index in [0.29, 0.717) is 24.6 Å². The third kappa shape index (κ3) is 5.61. The predicted molar refractivity (Wildman–Crippen MR) is 120 cm³/mol. The van der Waals surface area contributed by atoms with Gasteiger partial charge >= 0.3 is 0 Å². The predicted octanol–water partition coefficient (Wildman–Crippen LogP) is 4.61. The zero-order chi connectivity index (χ0) is 21.2. The van der Waals surface area contributed by atoms with Gasteiger partial charge < -0.3 is 20.1 Å². The molecule has 1 amide bonds.